The van der Waals surface area contributed by atoms with Crippen molar-refractivity contribution in [2.24, 2.45) is 17.6 Å². The van der Waals surface area contributed by atoms with E-state index in [0.717, 1.165) is 37.1 Å². The molecule has 2 heterocycles. The largest absolute Gasteiger partial charge is 0.338 e. The number of pyridine rings is 1. The number of rotatable bonds is 2. The molecule has 2 fully saturated rings. The van der Waals surface area contributed by atoms with E-state index in [9.17, 15) is 4.79 Å². The maximum absolute atomic E-state index is 12.9. The van der Waals surface area contributed by atoms with Crippen LogP contribution in [-0.2, 0) is 0 Å². The first-order valence-electron chi connectivity index (χ1n) is 8.69. The van der Waals surface area contributed by atoms with Crippen LogP contribution < -0.4 is 5.73 Å². The second-order valence-electron chi connectivity index (χ2n) is 7.20. The molecule has 1 aromatic carbocycles. The van der Waals surface area contributed by atoms with E-state index in [2.05, 4.69) is 36.2 Å². The van der Waals surface area contributed by atoms with Crippen LogP contribution in [0.3, 0.4) is 0 Å². The van der Waals surface area contributed by atoms with Gasteiger partial charge in [0.15, 0.2) is 0 Å². The maximum Gasteiger partial charge on any atom is 0.255 e. The van der Waals surface area contributed by atoms with Crippen molar-refractivity contribution in [3.05, 3.63) is 53.9 Å². The van der Waals surface area contributed by atoms with Crippen molar-refractivity contribution >= 4 is 18.3 Å². The Bertz CT molecular complexity index is 762. The number of aryl methyl sites for hydroxylation is 1. The van der Waals surface area contributed by atoms with Crippen LogP contribution in [0.1, 0.15) is 28.8 Å². The summed E-state index contributed by atoms with van der Waals surface area (Å²) < 4.78 is 0. The zero-order valence-electron chi connectivity index (χ0n) is 14.4. The third kappa shape index (κ3) is 3.42. The summed E-state index contributed by atoms with van der Waals surface area (Å²) >= 11 is 0. The lowest BCUT2D eigenvalue weighted by atomic mass is 9.98. The quantitative estimate of drug-likeness (QED) is 0.897. The SMILES string of the molecule is Cc1ccc(-c2cncc(C(=O)N3CC4CCC(N)C4C3)c2)cc1.Cl. The number of halogens is 1. The third-order valence-electron chi connectivity index (χ3n) is 5.57. The number of amides is 1. The summed E-state index contributed by atoms with van der Waals surface area (Å²) in [5, 5.41) is 0. The Morgan fingerprint density at radius 1 is 1.12 bits per heavy atom. The van der Waals surface area contributed by atoms with Crippen LogP contribution in [0.4, 0.5) is 0 Å². The Hall–Kier alpha value is -1.91. The van der Waals surface area contributed by atoms with E-state index in [4.69, 9.17) is 5.73 Å². The van der Waals surface area contributed by atoms with E-state index < -0.39 is 0 Å². The highest BCUT2D eigenvalue weighted by Crippen LogP contribution is 2.37. The standard InChI is InChI=1S/C20H23N3O.ClH/c1-13-2-4-14(5-3-13)16-8-17(10-22-9-16)20(24)23-11-15-6-7-19(21)18(15)12-23;/h2-5,8-10,15,18-19H,6-7,11-12,21H2,1H3;1H. The predicted molar refractivity (Wildman–Crippen MR) is 102 cm³/mol. The van der Waals surface area contributed by atoms with E-state index in [1.54, 1.807) is 6.20 Å². The van der Waals surface area contributed by atoms with Gasteiger partial charge in [0, 0.05) is 37.1 Å². The third-order valence-corrected chi connectivity index (χ3v) is 5.57. The molecule has 132 valence electrons. The van der Waals surface area contributed by atoms with E-state index in [1.165, 1.54) is 5.56 Å². The van der Waals surface area contributed by atoms with Crippen molar-refractivity contribution in [2.45, 2.75) is 25.8 Å². The van der Waals surface area contributed by atoms with Crippen molar-refractivity contribution < 1.29 is 4.79 Å². The normalized spacial score (nSPS) is 24.7. The van der Waals surface area contributed by atoms with Crippen LogP contribution in [-0.4, -0.2) is 34.9 Å². The zero-order valence-corrected chi connectivity index (χ0v) is 15.2. The van der Waals surface area contributed by atoms with Crippen LogP contribution >= 0.6 is 12.4 Å². The topological polar surface area (TPSA) is 59.2 Å². The summed E-state index contributed by atoms with van der Waals surface area (Å²) in [4.78, 5) is 19.1. The molecule has 1 saturated heterocycles. The summed E-state index contributed by atoms with van der Waals surface area (Å²) in [5.74, 6) is 1.14. The second kappa shape index (κ2) is 7.14. The molecule has 1 saturated carbocycles. The van der Waals surface area contributed by atoms with E-state index in [0.29, 0.717) is 17.4 Å². The molecule has 3 atom stereocenters. The Balaban J connectivity index is 0.00000182. The molecule has 1 aromatic heterocycles. The van der Waals surface area contributed by atoms with Crippen LogP contribution in [0.15, 0.2) is 42.7 Å². The van der Waals surface area contributed by atoms with Crippen molar-refractivity contribution in [3.8, 4) is 11.1 Å². The van der Waals surface area contributed by atoms with Gasteiger partial charge >= 0.3 is 0 Å². The molecule has 4 nitrogen and oxygen atoms in total. The fraction of sp³-hybridized carbons (Fsp3) is 0.400. The fourth-order valence-electron chi connectivity index (χ4n) is 4.12. The molecule has 0 bridgehead atoms. The van der Waals surface area contributed by atoms with Gasteiger partial charge in [0.2, 0.25) is 0 Å². The predicted octanol–water partition coefficient (Wildman–Crippen LogP) is 3.29. The van der Waals surface area contributed by atoms with Gasteiger partial charge in [0.05, 0.1) is 5.56 Å². The molecule has 3 unspecified atom stereocenters. The summed E-state index contributed by atoms with van der Waals surface area (Å²) in [5.41, 5.74) is 10.1. The molecule has 2 aliphatic rings. The van der Waals surface area contributed by atoms with Crippen molar-refractivity contribution in [3.63, 3.8) is 0 Å². The Morgan fingerprint density at radius 2 is 1.88 bits per heavy atom. The van der Waals surface area contributed by atoms with Crippen molar-refractivity contribution in [1.29, 1.82) is 0 Å². The number of hydrogen-bond donors (Lipinski definition) is 1. The molecule has 2 N–H and O–H groups in total. The minimum atomic E-state index is 0. The Morgan fingerprint density at radius 3 is 2.60 bits per heavy atom. The Labute approximate surface area is 154 Å². The number of carbonyl (C=O) groups is 1. The van der Waals surface area contributed by atoms with Gasteiger partial charge in [-0.25, -0.2) is 0 Å². The van der Waals surface area contributed by atoms with Gasteiger partial charge in [-0.15, -0.1) is 12.4 Å². The molecule has 25 heavy (non-hydrogen) atoms. The van der Waals surface area contributed by atoms with Crippen molar-refractivity contribution in [1.82, 2.24) is 9.88 Å². The number of benzene rings is 1. The first kappa shape index (κ1) is 17.9. The minimum absolute atomic E-state index is 0. The van der Waals surface area contributed by atoms with E-state index in [-0.39, 0.29) is 24.4 Å². The maximum atomic E-state index is 12.9. The average Bonchev–Trinajstić information content (AvgIpc) is 3.17. The summed E-state index contributed by atoms with van der Waals surface area (Å²) in [6.45, 7) is 3.70. The lowest BCUT2D eigenvalue weighted by Gasteiger charge is -2.19. The van der Waals surface area contributed by atoms with Gasteiger partial charge in [-0.1, -0.05) is 29.8 Å². The number of carbonyl (C=O) groups excluding carboxylic acids is 1. The van der Waals surface area contributed by atoms with E-state index in [1.807, 2.05) is 17.2 Å². The summed E-state index contributed by atoms with van der Waals surface area (Å²) in [6.07, 6.45) is 5.74. The first-order chi connectivity index (χ1) is 11.6. The monoisotopic (exact) mass is 357 g/mol. The lowest BCUT2D eigenvalue weighted by Crippen LogP contribution is -2.33. The highest BCUT2D eigenvalue weighted by Gasteiger charge is 2.42. The molecule has 2 aromatic rings. The van der Waals surface area contributed by atoms with Gasteiger partial charge in [-0.3, -0.25) is 9.78 Å². The number of aromatic nitrogens is 1. The number of likely N-dealkylation sites (tertiary alicyclic amines) is 1. The molecule has 5 heteroatoms. The van der Waals surface area contributed by atoms with Gasteiger partial charge in [-0.05, 0) is 43.2 Å². The Kier molecular flexibility index (Phi) is 5.11. The minimum Gasteiger partial charge on any atom is -0.338 e. The highest BCUT2D eigenvalue weighted by molar-refractivity contribution is 5.95. The molecule has 0 spiro atoms. The molecular weight excluding hydrogens is 334 g/mol. The number of nitrogens with two attached hydrogens (primary N) is 1. The van der Waals surface area contributed by atoms with Crippen LogP contribution in [0.2, 0.25) is 0 Å². The van der Waals surface area contributed by atoms with Gasteiger partial charge in [0.25, 0.3) is 5.91 Å². The van der Waals surface area contributed by atoms with E-state index >= 15 is 0 Å². The number of fused-ring (bicyclic) bond motifs is 1. The molecule has 1 aliphatic heterocycles. The summed E-state index contributed by atoms with van der Waals surface area (Å²) in [6, 6.07) is 10.5. The van der Waals surface area contributed by atoms with Crippen molar-refractivity contribution in [2.75, 3.05) is 13.1 Å². The van der Waals surface area contributed by atoms with Gasteiger partial charge < -0.3 is 10.6 Å². The average molecular weight is 358 g/mol. The fourth-order valence-corrected chi connectivity index (χ4v) is 4.12. The number of hydrogen-bond acceptors (Lipinski definition) is 3. The second-order valence-corrected chi connectivity index (χ2v) is 7.20. The molecule has 1 amide bonds. The lowest BCUT2D eigenvalue weighted by molar-refractivity contribution is 0.0779. The molecule has 0 radical (unpaired) electrons. The molecular formula is C20H24ClN3O. The smallest absolute Gasteiger partial charge is 0.255 e. The van der Waals surface area contributed by atoms with Crippen LogP contribution in [0.5, 0.6) is 0 Å². The van der Waals surface area contributed by atoms with Gasteiger partial charge in [0.1, 0.15) is 0 Å². The van der Waals surface area contributed by atoms with Crippen LogP contribution in [0.25, 0.3) is 11.1 Å². The zero-order chi connectivity index (χ0) is 16.7. The van der Waals surface area contributed by atoms with Crippen LogP contribution in [0, 0.1) is 18.8 Å². The number of nitrogens with zero attached hydrogens (tertiary/aromatic N) is 2. The van der Waals surface area contributed by atoms with Gasteiger partial charge in [-0.2, -0.15) is 0 Å². The highest BCUT2D eigenvalue weighted by atomic mass is 35.5. The molecule has 4 rings (SSSR count). The molecule has 1 aliphatic carbocycles. The summed E-state index contributed by atoms with van der Waals surface area (Å²) in [7, 11) is 0. The first-order valence-corrected chi connectivity index (χ1v) is 8.69.